The topological polar surface area (TPSA) is 26.3 Å². The fourth-order valence-electron chi connectivity index (χ4n) is 1.76. The summed E-state index contributed by atoms with van der Waals surface area (Å²) in [6, 6.07) is 0. The summed E-state index contributed by atoms with van der Waals surface area (Å²) in [4.78, 5) is 10.9. The van der Waals surface area contributed by atoms with Crippen LogP contribution in [0.5, 0.6) is 0 Å². The molecule has 70 valence electrons. The van der Waals surface area contributed by atoms with Crippen molar-refractivity contribution in [1.82, 2.24) is 0 Å². The van der Waals surface area contributed by atoms with Crippen molar-refractivity contribution < 1.29 is 9.53 Å². The maximum atomic E-state index is 10.9. The van der Waals surface area contributed by atoms with E-state index in [0.29, 0.717) is 11.2 Å². The van der Waals surface area contributed by atoms with Crippen LogP contribution in [-0.4, -0.2) is 17.4 Å². The van der Waals surface area contributed by atoms with E-state index < -0.39 is 0 Å². The van der Waals surface area contributed by atoms with Crippen LogP contribution >= 0.6 is 15.9 Å². The highest BCUT2D eigenvalue weighted by molar-refractivity contribution is 9.09. The molecule has 0 spiro atoms. The number of alkyl halides is 1. The van der Waals surface area contributed by atoms with Crippen LogP contribution in [0.25, 0.3) is 0 Å². The van der Waals surface area contributed by atoms with Gasteiger partial charge in [-0.3, -0.25) is 4.79 Å². The molecule has 0 aromatic carbocycles. The molecule has 1 fully saturated rings. The zero-order chi connectivity index (χ0) is 8.97. The summed E-state index contributed by atoms with van der Waals surface area (Å²) >= 11 is 3.08. The Labute approximate surface area is 81.8 Å². The molecule has 0 amide bonds. The Morgan fingerprint density at radius 3 is 2.67 bits per heavy atom. The van der Waals surface area contributed by atoms with Gasteiger partial charge in [0.1, 0.15) is 11.4 Å². The Balaban J connectivity index is 2.26. The van der Waals surface area contributed by atoms with E-state index in [-0.39, 0.29) is 12.1 Å². The van der Waals surface area contributed by atoms with E-state index in [4.69, 9.17) is 4.74 Å². The van der Waals surface area contributed by atoms with Crippen molar-refractivity contribution in [3.63, 3.8) is 0 Å². The van der Waals surface area contributed by atoms with Crippen LogP contribution < -0.4 is 0 Å². The van der Waals surface area contributed by atoms with Crippen molar-refractivity contribution in [1.29, 1.82) is 0 Å². The summed E-state index contributed by atoms with van der Waals surface area (Å²) in [5.74, 6) is 0.461. The van der Waals surface area contributed by atoms with Gasteiger partial charge >= 0.3 is 5.97 Å². The number of carbonyl (C=O) groups excluding carboxylic acids is 1. The summed E-state index contributed by atoms with van der Waals surface area (Å²) in [5.41, 5.74) is 0. The fourth-order valence-corrected chi connectivity index (χ4v) is 1.89. The third-order valence-electron chi connectivity index (χ3n) is 2.49. The first-order valence-electron chi connectivity index (χ1n) is 4.49. The molecule has 0 saturated heterocycles. The number of esters is 1. The number of hydrogen-bond acceptors (Lipinski definition) is 2. The highest BCUT2D eigenvalue weighted by atomic mass is 79.9. The van der Waals surface area contributed by atoms with Crippen molar-refractivity contribution in [2.45, 2.75) is 38.7 Å². The predicted molar refractivity (Wildman–Crippen MR) is 51.3 cm³/mol. The lowest BCUT2D eigenvalue weighted by atomic mass is 10.0. The van der Waals surface area contributed by atoms with Crippen molar-refractivity contribution in [3.05, 3.63) is 0 Å². The average Bonchev–Trinajstić information content (AvgIpc) is 2.56. The molecule has 0 aliphatic heterocycles. The lowest BCUT2D eigenvalue weighted by molar-refractivity contribution is -0.147. The van der Waals surface area contributed by atoms with Crippen LogP contribution in [0.3, 0.4) is 0 Å². The number of rotatable bonds is 3. The number of carbonyl (C=O) groups is 1. The SMILES string of the molecule is CC(OC(=O)CBr)C1CCCC1. The van der Waals surface area contributed by atoms with E-state index in [0.717, 1.165) is 0 Å². The van der Waals surface area contributed by atoms with Gasteiger partial charge in [-0.05, 0) is 25.7 Å². The smallest absolute Gasteiger partial charge is 0.316 e. The molecule has 0 aromatic heterocycles. The van der Waals surface area contributed by atoms with Crippen LogP contribution in [-0.2, 0) is 9.53 Å². The van der Waals surface area contributed by atoms with E-state index in [2.05, 4.69) is 15.9 Å². The van der Waals surface area contributed by atoms with E-state index in [1.165, 1.54) is 25.7 Å². The van der Waals surface area contributed by atoms with Crippen LogP contribution in [0.15, 0.2) is 0 Å². The summed E-state index contributed by atoms with van der Waals surface area (Å²) in [5, 5.41) is 0.310. The Hall–Kier alpha value is -0.0500. The molecule has 1 aliphatic rings. The first-order valence-corrected chi connectivity index (χ1v) is 5.61. The highest BCUT2D eigenvalue weighted by Gasteiger charge is 2.23. The molecule has 1 rings (SSSR count). The van der Waals surface area contributed by atoms with Crippen molar-refractivity contribution >= 4 is 21.9 Å². The van der Waals surface area contributed by atoms with Crippen molar-refractivity contribution in [3.8, 4) is 0 Å². The maximum Gasteiger partial charge on any atom is 0.316 e. The zero-order valence-corrected chi connectivity index (χ0v) is 8.97. The first-order chi connectivity index (χ1) is 5.74. The van der Waals surface area contributed by atoms with E-state index in [1.807, 2.05) is 6.92 Å². The van der Waals surface area contributed by atoms with Gasteiger partial charge in [0.2, 0.25) is 0 Å². The maximum absolute atomic E-state index is 10.9. The molecule has 1 saturated carbocycles. The molecule has 2 nitrogen and oxygen atoms in total. The summed E-state index contributed by atoms with van der Waals surface area (Å²) < 4.78 is 5.20. The summed E-state index contributed by atoms with van der Waals surface area (Å²) in [7, 11) is 0. The van der Waals surface area contributed by atoms with Crippen LogP contribution in [0.4, 0.5) is 0 Å². The van der Waals surface area contributed by atoms with E-state index in [9.17, 15) is 4.79 Å². The fraction of sp³-hybridized carbons (Fsp3) is 0.889. The lowest BCUT2D eigenvalue weighted by Gasteiger charge is -2.18. The van der Waals surface area contributed by atoms with Gasteiger partial charge < -0.3 is 4.74 Å². The standard InChI is InChI=1S/C9H15BrO2/c1-7(12-9(11)6-10)8-4-2-3-5-8/h7-8H,2-6H2,1H3. The highest BCUT2D eigenvalue weighted by Crippen LogP contribution is 2.28. The minimum absolute atomic E-state index is 0.109. The molecule has 0 bridgehead atoms. The Morgan fingerprint density at radius 1 is 1.58 bits per heavy atom. The first kappa shape index (κ1) is 10.0. The normalized spacial score (nSPS) is 20.8. The second-order valence-electron chi connectivity index (χ2n) is 3.37. The molecule has 1 aliphatic carbocycles. The van der Waals surface area contributed by atoms with Gasteiger partial charge in [0.05, 0.1) is 0 Å². The monoisotopic (exact) mass is 234 g/mol. The predicted octanol–water partition coefficient (Wildman–Crippen LogP) is 2.50. The molecule has 1 unspecified atom stereocenters. The molecule has 3 heteroatoms. The Morgan fingerprint density at radius 2 is 2.17 bits per heavy atom. The largest absolute Gasteiger partial charge is 0.462 e. The third kappa shape index (κ3) is 2.77. The third-order valence-corrected chi connectivity index (χ3v) is 2.95. The summed E-state index contributed by atoms with van der Waals surface area (Å²) in [6.07, 6.45) is 5.13. The molecular weight excluding hydrogens is 220 g/mol. The molecule has 0 radical (unpaired) electrons. The van der Waals surface area contributed by atoms with Gasteiger partial charge in [0.15, 0.2) is 0 Å². The molecule has 1 atom stereocenters. The zero-order valence-electron chi connectivity index (χ0n) is 7.38. The second kappa shape index (κ2) is 4.85. The molecule has 0 heterocycles. The number of hydrogen-bond donors (Lipinski definition) is 0. The number of ether oxygens (including phenoxy) is 1. The average molecular weight is 235 g/mol. The molecule has 0 aromatic rings. The van der Waals surface area contributed by atoms with E-state index in [1.54, 1.807) is 0 Å². The van der Waals surface area contributed by atoms with Crippen molar-refractivity contribution in [2.75, 3.05) is 5.33 Å². The minimum Gasteiger partial charge on any atom is -0.462 e. The van der Waals surface area contributed by atoms with Gasteiger partial charge in [0.25, 0.3) is 0 Å². The Bertz CT molecular complexity index is 153. The van der Waals surface area contributed by atoms with E-state index >= 15 is 0 Å². The van der Waals surface area contributed by atoms with Crippen LogP contribution in [0, 0.1) is 5.92 Å². The van der Waals surface area contributed by atoms with Gasteiger partial charge in [-0.15, -0.1) is 0 Å². The van der Waals surface area contributed by atoms with Crippen LogP contribution in [0.1, 0.15) is 32.6 Å². The second-order valence-corrected chi connectivity index (χ2v) is 3.93. The van der Waals surface area contributed by atoms with Gasteiger partial charge in [-0.2, -0.15) is 0 Å². The molecule has 12 heavy (non-hydrogen) atoms. The van der Waals surface area contributed by atoms with Crippen molar-refractivity contribution in [2.24, 2.45) is 5.92 Å². The van der Waals surface area contributed by atoms with Gasteiger partial charge in [-0.1, -0.05) is 28.8 Å². The van der Waals surface area contributed by atoms with Crippen LogP contribution in [0.2, 0.25) is 0 Å². The molecular formula is C9H15BrO2. The number of halogens is 1. The Kier molecular flexibility index (Phi) is 4.06. The quantitative estimate of drug-likeness (QED) is 0.555. The molecule has 0 N–H and O–H groups in total. The lowest BCUT2D eigenvalue weighted by Crippen LogP contribution is -2.22. The van der Waals surface area contributed by atoms with Gasteiger partial charge in [-0.25, -0.2) is 0 Å². The minimum atomic E-state index is -0.144. The van der Waals surface area contributed by atoms with Gasteiger partial charge in [0, 0.05) is 0 Å². The summed E-state index contributed by atoms with van der Waals surface area (Å²) in [6.45, 7) is 2.00.